The predicted octanol–water partition coefficient (Wildman–Crippen LogP) is 1.08. The zero-order chi connectivity index (χ0) is 8.27. The molecule has 0 heterocycles. The smallest absolute Gasteiger partial charge is 0.123 e. The lowest BCUT2D eigenvalue weighted by atomic mass is 10.1. The molecular formula is C9H13FN+. The standard InChI is InChI=1S/C9H12FN/c1-7(11-2)8-3-5-9(10)6-4-8/h3-7,11H,1-2H3/p+1/t7-/m1/s1. The maximum atomic E-state index is 12.4. The third-order valence-electron chi connectivity index (χ3n) is 1.90. The molecule has 0 fully saturated rings. The molecule has 0 aliphatic rings. The maximum Gasteiger partial charge on any atom is 0.123 e. The van der Waals surface area contributed by atoms with Crippen molar-refractivity contribution in [3.63, 3.8) is 0 Å². The van der Waals surface area contributed by atoms with Gasteiger partial charge in [0.2, 0.25) is 0 Å². The molecule has 0 aromatic heterocycles. The van der Waals surface area contributed by atoms with E-state index in [1.54, 1.807) is 0 Å². The molecule has 1 atom stereocenters. The molecule has 11 heavy (non-hydrogen) atoms. The van der Waals surface area contributed by atoms with Crippen LogP contribution in [0.2, 0.25) is 0 Å². The summed E-state index contributed by atoms with van der Waals surface area (Å²) in [5, 5.41) is 2.09. The topological polar surface area (TPSA) is 16.6 Å². The van der Waals surface area contributed by atoms with Gasteiger partial charge in [0.05, 0.1) is 7.05 Å². The summed E-state index contributed by atoms with van der Waals surface area (Å²) in [6.07, 6.45) is 0. The number of benzene rings is 1. The minimum Gasteiger partial charge on any atom is -0.343 e. The fourth-order valence-electron chi connectivity index (χ4n) is 0.959. The average molecular weight is 154 g/mol. The van der Waals surface area contributed by atoms with Gasteiger partial charge < -0.3 is 5.32 Å². The molecule has 60 valence electrons. The van der Waals surface area contributed by atoms with Crippen LogP contribution in [0, 0.1) is 5.82 Å². The molecule has 1 aromatic rings. The molecular weight excluding hydrogens is 141 g/mol. The van der Waals surface area contributed by atoms with E-state index in [-0.39, 0.29) is 5.82 Å². The Kier molecular flexibility index (Phi) is 2.60. The summed E-state index contributed by atoms with van der Waals surface area (Å²) in [4.78, 5) is 0. The molecule has 1 nitrogen and oxygen atoms in total. The number of halogens is 1. The molecule has 0 bridgehead atoms. The Labute approximate surface area is 66.2 Å². The molecule has 0 unspecified atom stereocenters. The van der Waals surface area contributed by atoms with Gasteiger partial charge in [0, 0.05) is 5.56 Å². The van der Waals surface area contributed by atoms with Crippen molar-refractivity contribution in [2.45, 2.75) is 13.0 Å². The van der Waals surface area contributed by atoms with E-state index in [2.05, 4.69) is 12.2 Å². The van der Waals surface area contributed by atoms with E-state index in [4.69, 9.17) is 0 Å². The van der Waals surface area contributed by atoms with Crippen molar-refractivity contribution in [1.29, 1.82) is 0 Å². The molecule has 2 N–H and O–H groups in total. The molecule has 0 saturated heterocycles. The second kappa shape index (κ2) is 3.49. The van der Waals surface area contributed by atoms with Crippen LogP contribution in [0.3, 0.4) is 0 Å². The van der Waals surface area contributed by atoms with Crippen molar-refractivity contribution in [2.75, 3.05) is 7.05 Å². The molecule has 0 spiro atoms. The van der Waals surface area contributed by atoms with Crippen molar-refractivity contribution < 1.29 is 9.71 Å². The minimum absolute atomic E-state index is 0.169. The van der Waals surface area contributed by atoms with Crippen LogP contribution >= 0.6 is 0 Å². The average Bonchev–Trinajstić information content (AvgIpc) is 2.05. The van der Waals surface area contributed by atoms with Crippen LogP contribution in [0.1, 0.15) is 18.5 Å². The Morgan fingerprint density at radius 1 is 1.27 bits per heavy atom. The van der Waals surface area contributed by atoms with E-state index in [1.807, 2.05) is 19.2 Å². The van der Waals surface area contributed by atoms with Gasteiger partial charge >= 0.3 is 0 Å². The third kappa shape index (κ3) is 2.02. The van der Waals surface area contributed by atoms with E-state index in [9.17, 15) is 4.39 Å². The lowest BCUT2D eigenvalue weighted by Gasteiger charge is -2.05. The molecule has 0 saturated carbocycles. The Bertz CT molecular complexity index is 218. The van der Waals surface area contributed by atoms with Gasteiger partial charge in [-0.15, -0.1) is 0 Å². The maximum absolute atomic E-state index is 12.4. The summed E-state index contributed by atoms with van der Waals surface area (Å²) in [5.74, 6) is -0.169. The summed E-state index contributed by atoms with van der Waals surface area (Å²) >= 11 is 0. The van der Waals surface area contributed by atoms with Crippen LogP contribution in [0.4, 0.5) is 4.39 Å². The molecule has 0 radical (unpaired) electrons. The normalized spacial score (nSPS) is 13.0. The summed E-state index contributed by atoms with van der Waals surface area (Å²) < 4.78 is 12.4. The van der Waals surface area contributed by atoms with Crippen LogP contribution in [0.5, 0.6) is 0 Å². The molecule has 0 amide bonds. The fraction of sp³-hybridized carbons (Fsp3) is 0.333. The van der Waals surface area contributed by atoms with Crippen molar-refractivity contribution >= 4 is 0 Å². The first-order valence-electron chi connectivity index (χ1n) is 3.79. The molecule has 0 aliphatic heterocycles. The number of rotatable bonds is 2. The summed E-state index contributed by atoms with van der Waals surface area (Å²) in [6, 6.07) is 7.04. The highest BCUT2D eigenvalue weighted by molar-refractivity contribution is 5.17. The van der Waals surface area contributed by atoms with Crippen LogP contribution in [0.15, 0.2) is 24.3 Å². The lowest BCUT2D eigenvalue weighted by molar-refractivity contribution is -0.666. The predicted molar refractivity (Wildman–Crippen MR) is 42.7 cm³/mol. The highest BCUT2D eigenvalue weighted by atomic mass is 19.1. The second-order valence-corrected chi connectivity index (χ2v) is 2.67. The zero-order valence-corrected chi connectivity index (χ0v) is 6.84. The molecule has 1 rings (SSSR count). The van der Waals surface area contributed by atoms with Crippen LogP contribution in [-0.2, 0) is 0 Å². The van der Waals surface area contributed by atoms with E-state index in [0.717, 1.165) is 5.56 Å². The first-order valence-corrected chi connectivity index (χ1v) is 3.79. The summed E-state index contributed by atoms with van der Waals surface area (Å²) in [5.41, 5.74) is 1.16. The van der Waals surface area contributed by atoms with E-state index in [1.165, 1.54) is 12.1 Å². The monoisotopic (exact) mass is 154 g/mol. The highest BCUT2D eigenvalue weighted by Crippen LogP contribution is 2.08. The van der Waals surface area contributed by atoms with E-state index >= 15 is 0 Å². The van der Waals surface area contributed by atoms with Crippen molar-refractivity contribution in [1.82, 2.24) is 0 Å². The SMILES string of the molecule is C[NH2+][C@H](C)c1ccc(F)cc1. The van der Waals surface area contributed by atoms with Crippen molar-refractivity contribution in [2.24, 2.45) is 0 Å². The Morgan fingerprint density at radius 2 is 1.82 bits per heavy atom. The van der Waals surface area contributed by atoms with Crippen molar-refractivity contribution in [3.8, 4) is 0 Å². The van der Waals surface area contributed by atoms with Gasteiger partial charge in [-0.2, -0.15) is 0 Å². The van der Waals surface area contributed by atoms with Gasteiger partial charge in [0.25, 0.3) is 0 Å². The number of hydrogen-bond acceptors (Lipinski definition) is 0. The lowest BCUT2D eigenvalue weighted by Crippen LogP contribution is -2.80. The van der Waals surface area contributed by atoms with Gasteiger partial charge in [0.15, 0.2) is 0 Å². The first kappa shape index (κ1) is 8.21. The largest absolute Gasteiger partial charge is 0.343 e. The molecule has 1 aromatic carbocycles. The third-order valence-corrected chi connectivity index (χ3v) is 1.90. The van der Waals surface area contributed by atoms with Crippen molar-refractivity contribution in [3.05, 3.63) is 35.6 Å². The fourth-order valence-corrected chi connectivity index (χ4v) is 0.959. The van der Waals surface area contributed by atoms with Gasteiger partial charge in [-0.1, -0.05) is 12.1 Å². The van der Waals surface area contributed by atoms with E-state index < -0.39 is 0 Å². The van der Waals surface area contributed by atoms with Gasteiger partial charge in [-0.05, 0) is 19.1 Å². The number of nitrogens with two attached hydrogens (primary N) is 1. The second-order valence-electron chi connectivity index (χ2n) is 2.67. The molecule has 0 aliphatic carbocycles. The first-order chi connectivity index (χ1) is 5.24. The summed E-state index contributed by atoms with van der Waals surface area (Å²) in [6.45, 7) is 2.09. The summed E-state index contributed by atoms with van der Waals surface area (Å²) in [7, 11) is 2.01. The number of hydrogen-bond donors (Lipinski definition) is 1. The van der Waals surface area contributed by atoms with Gasteiger partial charge in [0.1, 0.15) is 11.9 Å². The quantitative estimate of drug-likeness (QED) is 0.656. The Hall–Kier alpha value is -0.890. The minimum atomic E-state index is -0.169. The zero-order valence-electron chi connectivity index (χ0n) is 6.84. The Balaban J connectivity index is 2.81. The Morgan fingerprint density at radius 3 is 2.27 bits per heavy atom. The van der Waals surface area contributed by atoms with Crippen LogP contribution in [0.25, 0.3) is 0 Å². The van der Waals surface area contributed by atoms with Gasteiger partial charge in [-0.3, -0.25) is 0 Å². The molecule has 2 heteroatoms. The van der Waals surface area contributed by atoms with Crippen LogP contribution in [-0.4, -0.2) is 7.05 Å². The van der Waals surface area contributed by atoms with Crippen LogP contribution < -0.4 is 5.32 Å². The highest BCUT2D eigenvalue weighted by Gasteiger charge is 2.03. The number of quaternary nitrogens is 1. The van der Waals surface area contributed by atoms with E-state index in [0.29, 0.717) is 6.04 Å². The van der Waals surface area contributed by atoms with Gasteiger partial charge in [-0.25, -0.2) is 4.39 Å².